The highest BCUT2D eigenvalue weighted by Crippen LogP contribution is 2.28. The molecule has 0 radical (unpaired) electrons. The van der Waals surface area contributed by atoms with E-state index in [9.17, 15) is 22.0 Å². The molecule has 4 heterocycles. The molecule has 0 atom stereocenters. The van der Waals surface area contributed by atoms with Crippen molar-refractivity contribution in [1.82, 2.24) is 35.1 Å². The molecule has 5 aromatic rings. The van der Waals surface area contributed by atoms with Gasteiger partial charge in [0.05, 0.1) is 25.0 Å². The Kier molecular flexibility index (Phi) is 5.87. The Morgan fingerprint density at radius 2 is 1.83 bits per heavy atom. The van der Waals surface area contributed by atoms with Gasteiger partial charge in [-0.15, -0.1) is 10.2 Å². The maximum absolute atomic E-state index is 14.3. The summed E-state index contributed by atoms with van der Waals surface area (Å²) in [5.74, 6) is -3.61. The first kappa shape index (κ1) is 23.1. The molecule has 1 aromatic carbocycles. The molecule has 0 saturated carbocycles. The minimum absolute atomic E-state index is 0.0163. The van der Waals surface area contributed by atoms with Gasteiger partial charge in [-0.2, -0.15) is 18.3 Å². The van der Waals surface area contributed by atoms with Crippen molar-refractivity contribution in [3.63, 3.8) is 0 Å². The number of nitrogens with one attached hydrogen (secondary N) is 1. The fraction of sp³-hybridized carbons (Fsp3) is 0.143. The minimum Gasteiger partial charge on any atom is -0.415 e. The molecule has 4 aromatic heterocycles. The molecular formula is C21H13F5N8O2. The topological polar surface area (TPSA) is 121 Å². The first-order chi connectivity index (χ1) is 17.3. The van der Waals surface area contributed by atoms with Crippen LogP contribution in [0.15, 0.2) is 57.8 Å². The summed E-state index contributed by atoms with van der Waals surface area (Å²) in [6.07, 6.45) is -2.58. The number of alkyl halides is 3. The second kappa shape index (κ2) is 9.16. The molecule has 15 heteroatoms. The van der Waals surface area contributed by atoms with E-state index < -0.39 is 36.1 Å². The van der Waals surface area contributed by atoms with Crippen molar-refractivity contribution in [2.75, 3.05) is 5.32 Å². The van der Waals surface area contributed by atoms with Crippen molar-refractivity contribution in [3.8, 4) is 22.9 Å². The molecule has 0 aliphatic rings. The van der Waals surface area contributed by atoms with Crippen molar-refractivity contribution in [2.24, 2.45) is 0 Å². The van der Waals surface area contributed by atoms with Crippen LogP contribution in [0.1, 0.15) is 17.3 Å². The summed E-state index contributed by atoms with van der Waals surface area (Å²) in [7, 11) is 0. The summed E-state index contributed by atoms with van der Waals surface area (Å²) in [5, 5.41) is 17.0. The van der Waals surface area contributed by atoms with Gasteiger partial charge in [0, 0.05) is 11.6 Å². The Morgan fingerprint density at radius 1 is 1.00 bits per heavy atom. The molecule has 10 nitrogen and oxygen atoms in total. The fourth-order valence-corrected chi connectivity index (χ4v) is 3.20. The number of rotatable bonds is 7. The number of hydrogen-bond donors (Lipinski definition) is 1. The Bertz CT molecular complexity index is 1500. The second-order valence-corrected chi connectivity index (χ2v) is 7.29. The first-order valence-electron chi connectivity index (χ1n) is 10.2. The SMILES string of the molecule is Fc1ccccc1Cn1nc(-c2ncc(F)c(NCc3nnc(C(F)(F)F)o3)n2)cc1-c1ccon1. The van der Waals surface area contributed by atoms with Gasteiger partial charge >= 0.3 is 12.1 Å². The highest BCUT2D eigenvalue weighted by molar-refractivity contribution is 5.63. The lowest BCUT2D eigenvalue weighted by molar-refractivity contribution is -0.157. The van der Waals surface area contributed by atoms with Crippen LogP contribution in [0.2, 0.25) is 0 Å². The number of hydrogen-bond acceptors (Lipinski definition) is 9. The lowest BCUT2D eigenvalue weighted by atomic mass is 10.2. The van der Waals surface area contributed by atoms with E-state index in [4.69, 9.17) is 4.52 Å². The molecule has 184 valence electrons. The smallest absolute Gasteiger partial charge is 0.415 e. The van der Waals surface area contributed by atoms with E-state index in [0.717, 1.165) is 6.20 Å². The zero-order chi connectivity index (χ0) is 25.3. The minimum atomic E-state index is -4.80. The summed E-state index contributed by atoms with van der Waals surface area (Å²) in [6.45, 7) is -0.387. The molecule has 0 fully saturated rings. The van der Waals surface area contributed by atoms with Gasteiger partial charge in [-0.1, -0.05) is 23.4 Å². The van der Waals surface area contributed by atoms with Crippen molar-refractivity contribution in [1.29, 1.82) is 0 Å². The first-order valence-corrected chi connectivity index (χ1v) is 10.2. The highest BCUT2D eigenvalue weighted by Gasteiger charge is 2.38. The van der Waals surface area contributed by atoms with Crippen LogP contribution in [0.25, 0.3) is 22.9 Å². The Hall–Kier alpha value is -4.69. The molecule has 5 rings (SSSR count). The molecule has 1 N–H and O–H groups in total. The van der Waals surface area contributed by atoms with Gasteiger partial charge in [-0.25, -0.2) is 18.7 Å². The summed E-state index contributed by atoms with van der Waals surface area (Å²) >= 11 is 0. The van der Waals surface area contributed by atoms with Crippen LogP contribution in [0.5, 0.6) is 0 Å². The average molecular weight is 504 g/mol. The molecule has 0 amide bonds. The predicted octanol–water partition coefficient (Wildman–Crippen LogP) is 4.34. The molecular weight excluding hydrogens is 491 g/mol. The predicted molar refractivity (Wildman–Crippen MR) is 111 cm³/mol. The lowest BCUT2D eigenvalue weighted by Crippen LogP contribution is -2.07. The van der Waals surface area contributed by atoms with E-state index in [2.05, 4.69) is 40.2 Å². The molecule has 0 saturated heterocycles. The Morgan fingerprint density at radius 3 is 2.56 bits per heavy atom. The monoisotopic (exact) mass is 504 g/mol. The van der Waals surface area contributed by atoms with Crippen molar-refractivity contribution < 1.29 is 30.9 Å². The third-order valence-corrected chi connectivity index (χ3v) is 4.85. The van der Waals surface area contributed by atoms with Gasteiger partial charge in [-0.05, 0) is 12.1 Å². The Labute approximate surface area is 197 Å². The zero-order valence-corrected chi connectivity index (χ0v) is 17.9. The quantitative estimate of drug-likeness (QED) is 0.323. The summed E-state index contributed by atoms with van der Waals surface area (Å²) < 4.78 is 77.3. The largest absolute Gasteiger partial charge is 0.470 e. The van der Waals surface area contributed by atoms with Crippen LogP contribution in [0.3, 0.4) is 0 Å². The molecule has 0 bridgehead atoms. The molecule has 0 unspecified atom stereocenters. The second-order valence-electron chi connectivity index (χ2n) is 7.29. The van der Waals surface area contributed by atoms with Gasteiger partial charge < -0.3 is 14.3 Å². The highest BCUT2D eigenvalue weighted by atomic mass is 19.4. The zero-order valence-electron chi connectivity index (χ0n) is 17.9. The third-order valence-electron chi connectivity index (χ3n) is 4.85. The van der Waals surface area contributed by atoms with Gasteiger partial charge in [0.2, 0.25) is 5.89 Å². The summed E-state index contributed by atoms with van der Waals surface area (Å²) in [4.78, 5) is 8.01. The number of nitrogens with zero attached hydrogens (tertiary/aromatic N) is 7. The molecule has 0 spiro atoms. The van der Waals surface area contributed by atoms with Crippen molar-refractivity contribution in [3.05, 3.63) is 77.8 Å². The number of halogens is 5. The van der Waals surface area contributed by atoms with E-state index in [-0.39, 0.29) is 23.9 Å². The number of anilines is 1. The summed E-state index contributed by atoms with van der Waals surface area (Å²) in [6, 6.07) is 9.30. The standard InChI is InChI=1S/C21H13F5N8O2/c22-12-4-2-1-3-11(12)10-34-16(14-5-6-35-33-14)7-15(32-34)19-27-8-13(23)18(29-19)28-9-17-30-31-20(36-17)21(24,25)26/h1-8H,9-10H2,(H,27,28,29). The average Bonchev–Trinajstić information content (AvgIpc) is 3.60. The van der Waals surface area contributed by atoms with Gasteiger partial charge in [-0.3, -0.25) is 4.68 Å². The molecule has 0 aliphatic carbocycles. The Balaban J connectivity index is 1.43. The molecule has 0 aliphatic heterocycles. The maximum Gasteiger partial charge on any atom is 0.470 e. The third kappa shape index (κ3) is 4.75. The van der Waals surface area contributed by atoms with Crippen LogP contribution in [-0.4, -0.2) is 35.1 Å². The van der Waals surface area contributed by atoms with Crippen molar-refractivity contribution in [2.45, 2.75) is 19.3 Å². The van der Waals surface area contributed by atoms with Crippen LogP contribution >= 0.6 is 0 Å². The van der Waals surface area contributed by atoms with Gasteiger partial charge in [0.1, 0.15) is 23.5 Å². The maximum atomic E-state index is 14.3. The normalized spacial score (nSPS) is 11.7. The van der Waals surface area contributed by atoms with E-state index in [0.29, 0.717) is 17.0 Å². The van der Waals surface area contributed by atoms with Crippen LogP contribution in [-0.2, 0) is 19.3 Å². The van der Waals surface area contributed by atoms with Gasteiger partial charge in [0.15, 0.2) is 17.5 Å². The van der Waals surface area contributed by atoms with Crippen LogP contribution in [0, 0.1) is 11.6 Å². The molecule has 36 heavy (non-hydrogen) atoms. The summed E-state index contributed by atoms with van der Waals surface area (Å²) in [5.41, 5.74) is 1.42. The number of aromatic nitrogens is 7. The van der Waals surface area contributed by atoms with E-state index >= 15 is 0 Å². The van der Waals surface area contributed by atoms with Gasteiger partial charge in [0.25, 0.3) is 0 Å². The van der Waals surface area contributed by atoms with Crippen molar-refractivity contribution >= 4 is 5.82 Å². The van der Waals surface area contributed by atoms with E-state index in [1.165, 1.54) is 17.0 Å². The van der Waals surface area contributed by atoms with E-state index in [1.807, 2.05) is 0 Å². The fourth-order valence-electron chi connectivity index (χ4n) is 3.20. The lowest BCUT2D eigenvalue weighted by Gasteiger charge is -2.07. The van der Waals surface area contributed by atoms with Crippen LogP contribution < -0.4 is 5.32 Å². The van der Waals surface area contributed by atoms with E-state index in [1.54, 1.807) is 30.3 Å². The van der Waals surface area contributed by atoms with Crippen LogP contribution in [0.4, 0.5) is 27.8 Å². The number of benzene rings is 1.